The lowest BCUT2D eigenvalue weighted by Crippen LogP contribution is -2.44. The largest absolute Gasteiger partial charge is 0.476 e. The van der Waals surface area contributed by atoms with Crippen LogP contribution in [0.5, 0.6) is 0 Å². The quantitative estimate of drug-likeness (QED) is 0.916. The van der Waals surface area contributed by atoms with Crippen molar-refractivity contribution in [2.24, 2.45) is 0 Å². The normalized spacial score (nSPS) is 17.4. The van der Waals surface area contributed by atoms with Crippen LogP contribution in [0.2, 0.25) is 0 Å². The van der Waals surface area contributed by atoms with Crippen LogP contribution in [0.3, 0.4) is 0 Å². The summed E-state index contributed by atoms with van der Waals surface area (Å²) in [6.45, 7) is 6.69. The number of carboxylic acids is 1. The summed E-state index contributed by atoms with van der Waals surface area (Å²) in [5, 5.41) is 9.33. The minimum Gasteiger partial charge on any atom is -0.476 e. The first-order valence-corrected chi connectivity index (χ1v) is 7.16. The smallest absolute Gasteiger partial charge is 0.356 e. The Bertz CT molecular complexity index is 672. The molecule has 0 bridgehead atoms. The van der Waals surface area contributed by atoms with Gasteiger partial charge in [-0.1, -0.05) is 0 Å². The molecule has 1 N–H and O–H groups in total. The number of carbonyl (C=O) groups is 1. The lowest BCUT2D eigenvalue weighted by molar-refractivity contribution is 0.0693. The molecule has 1 fully saturated rings. The number of piperazine rings is 1. The SMILES string of the molecule is Cc1ccn2c(CN3CCN(C)CC3)nc(C(=O)O)c2c1. The van der Waals surface area contributed by atoms with E-state index in [0.29, 0.717) is 12.1 Å². The number of likely N-dealkylation sites (N-methyl/N-ethyl adjacent to an activating group) is 1. The molecule has 0 radical (unpaired) electrons. The highest BCUT2D eigenvalue weighted by Crippen LogP contribution is 2.17. The highest BCUT2D eigenvalue weighted by molar-refractivity contribution is 5.93. The summed E-state index contributed by atoms with van der Waals surface area (Å²) in [5.41, 5.74) is 1.85. The highest BCUT2D eigenvalue weighted by atomic mass is 16.4. The molecule has 0 spiro atoms. The van der Waals surface area contributed by atoms with E-state index in [1.54, 1.807) is 0 Å². The fourth-order valence-corrected chi connectivity index (χ4v) is 2.73. The van der Waals surface area contributed by atoms with Crippen LogP contribution in [0, 0.1) is 6.92 Å². The number of hydrogen-bond acceptors (Lipinski definition) is 4. The molecule has 0 amide bonds. The molecular weight excluding hydrogens is 268 g/mol. The van der Waals surface area contributed by atoms with Crippen LogP contribution in [-0.2, 0) is 6.54 Å². The van der Waals surface area contributed by atoms with E-state index in [0.717, 1.165) is 37.6 Å². The first-order chi connectivity index (χ1) is 10.0. The number of aryl methyl sites for hydroxylation is 1. The van der Waals surface area contributed by atoms with Crippen LogP contribution in [0.15, 0.2) is 18.3 Å². The maximum Gasteiger partial charge on any atom is 0.356 e. The second kappa shape index (κ2) is 5.46. The van der Waals surface area contributed by atoms with Gasteiger partial charge in [-0.2, -0.15) is 0 Å². The van der Waals surface area contributed by atoms with Crippen molar-refractivity contribution < 1.29 is 9.90 Å². The molecule has 0 unspecified atom stereocenters. The lowest BCUT2D eigenvalue weighted by Gasteiger charge is -2.31. The summed E-state index contributed by atoms with van der Waals surface area (Å²) in [6.07, 6.45) is 1.91. The average molecular weight is 288 g/mol. The molecule has 1 saturated heterocycles. The van der Waals surface area contributed by atoms with E-state index in [9.17, 15) is 9.90 Å². The number of pyridine rings is 1. The topological polar surface area (TPSA) is 61.1 Å². The second-order valence-corrected chi connectivity index (χ2v) is 5.72. The maximum absolute atomic E-state index is 11.4. The number of carboxylic acid groups (broad SMARTS) is 1. The van der Waals surface area contributed by atoms with Gasteiger partial charge in [0.25, 0.3) is 0 Å². The number of nitrogens with zero attached hydrogens (tertiary/aromatic N) is 4. The molecule has 0 saturated carbocycles. The first-order valence-electron chi connectivity index (χ1n) is 7.16. The van der Waals surface area contributed by atoms with Gasteiger partial charge in [0, 0.05) is 32.4 Å². The second-order valence-electron chi connectivity index (χ2n) is 5.72. The number of aromatic carboxylic acids is 1. The Kier molecular flexibility index (Phi) is 3.65. The fourth-order valence-electron chi connectivity index (χ4n) is 2.73. The van der Waals surface area contributed by atoms with Gasteiger partial charge in [-0.25, -0.2) is 9.78 Å². The van der Waals surface area contributed by atoms with Gasteiger partial charge < -0.3 is 14.4 Å². The Hall–Kier alpha value is -1.92. The van der Waals surface area contributed by atoms with E-state index < -0.39 is 5.97 Å². The molecular formula is C15H20N4O2. The Labute approximate surface area is 123 Å². The van der Waals surface area contributed by atoms with Crippen molar-refractivity contribution in [2.45, 2.75) is 13.5 Å². The van der Waals surface area contributed by atoms with Crippen molar-refractivity contribution in [3.8, 4) is 0 Å². The van der Waals surface area contributed by atoms with Gasteiger partial charge in [-0.05, 0) is 31.7 Å². The molecule has 6 heteroatoms. The average Bonchev–Trinajstić information content (AvgIpc) is 2.79. The molecule has 6 nitrogen and oxygen atoms in total. The van der Waals surface area contributed by atoms with Gasteiger partial charge in [0.15, 0.2) is 5.69 Å². The predicted octanol–water partition coefficient (Wildman–Crippen LogP) is 1.09. The van der Waals surface area contributed by atoms with Crippen LogP contribution in [-0.4, -0.2) is 63.5 Å². The maximum atomic E-state index is 11.4. The summed E-state index contributed by atoms with van der Waals surface area (Å²) in [5.74, 6) is -0.172. The molecule has 1 aliphatic rings. The highest BCUT2D eigenvalue weighted by Gasteiger charge is 2.20. The van der Waals surface area contributed by atoms with Gasteiger partial charge in [0.2, 0.25) is 0 Å². The van der Waals surface area contributed by atoms with Crippen molar-refractivity contribution in [2.75, 3.05) is 33.2 Å². The first kappa shape index (κ1) is 14.0. The molecule has 3 heterocycles. The molecule has 2 aromatic heterocycles. The van der Waals surface area contributed by atoms with E-state index in [1.807, 2.05) is 29.7 Å². The summed E-state index contributed by atoms with van der Waals surface area (Å²) in [6, 6.07) is 3.86. The molecule has 0 aromatic carbocycles. The zero-order valence-electron chi connectivity index (χ0n) is 12.4. The third-order valence-corrected chi connectivity index (χ3v) is 4.04. The zero-order chi connectivity index (χ0) is 15.0. The summed E-state index contributed by atoms with van der Waals surface area (Å²) in [4.78, 5) is 20.3. The van der Waals surface area contributed by atoms with Crippen LogP contribution in [0.4, 0.5) is 0 Å². The molecule has 112 valence electrons. The van der Waals surface area contributed by atoms with Gasteiger partial charge >= 0.3 is 5.97 Å². The molecule has 21 heavy (non-hydrogen) atoms. The van der Waals surface area contributed by atoms with Crippen molar-refractivity contribution in [1.29, 1.82) is 0 Å². The molecule has 3 rings (SSSR count). The van der Waals surface area contributed by atoms with E-state index >= 15 is 0 Å². The third-order valence-electron chi connectivity index (χ3n) is 4.04. The molecule has 1 aliphatic heterocycles. The summed E-state index contributed by atoms with van der Waals surface area (Å²) < 4.78 is 1.90. The van der Waals surface area contributed by atoms with Crippen molar-refractivity contribution in [1.82, 2.24) is 19.2 Å². The number of hydrogen-bond donors (Lipinski definition) is 1. The van der Waals surface area contributed by atoms with Gasteiger partial charge in [0.05, 0.1) is 12.1 Å². The Balaban J connectivity index is 1.93. The van der Waals surface area contributed by atoms with Crippen LogP contribution in [0.25, 0.3) is 5.52 Å². The van der Waals surface area contributed by atoms with Crippen molar-refractivity contribution in [3.05, 3.63) is 35.4 Å². The molecule has 2 aromatic rings. The standard InChI is InChI=1S/C15H20N4O2/c1-11-3-4-19-12(9-11)14(15(20)21)16-13(19)10-18-7-5-17(2)6-8-18/h3-4,9H,5-8,10H2,1-2H3,(H,20,21). The van der Waals surface area contributed by atoms with E-state index in [2.05, 4.69) is 21.8 Å². The van der Waals surface area contributed by atoms with Gasteiger partial charge in [-0.15, -0.1) is 0 Å². The van der Waals surface area contributed by atoms with E-state index in [1.165, 1.54) is 0 Å². The summed E-state index contributed by atoms with van der Waals surface area (Å²) in [7, 11) is 2.12. The van der Waals surface area contributed by atoms with Crippen molar-refractivity contribution >= 4 is 11.5 Å². The number of fused-ring (bicyclic) bond motifs is 1. The van der Waals surface area contributed by atoms with E-state index in [-0.39, 0.29) is 5.69 Å². The Morgan fingerprint density at radius 1 is 1.33 bits per heavy atom. The monoisotopic (exact) mass is 288 g/mol. The number of imidazole rings is 1. The molecule has 0 atom stereocenters. The lowest BCUT2D eigenvalue weighted by atomic mass is 10.2. The Morgan fingerprint density at radius 3 is 2.71 bits per heavy atom. The molecule has 0 aliphatic carbocycles. The predicted molar refractivity (Wildman–Crippen MR) is 79.7 cm³/mol. The Morgan fingerprint density at radius 2 is 2.05 bits per heavy atom. The number of rotatable bonds is 3. The minimum absolute atomic E-state index is 0.142. The minimum atomic E-state index is -0.970. The fraction of sp³-hybridized carbons (Fsp3) is 0.467. The summed E-state index contributed by atoms with van der Waals surface area (Å²) >= 11 is 0. The van der Waals surface area contributed by atoms with Crippen LogP contribution < -0.4 is 0 Å². The van der Waals surface area contributed by atoms with Gasteiger partial charge in [0.1, 0.15) is 5.82 Å². The van der Waals surface area contributed by atoms with E-state index in [4.69, 9.17) is 0 Å². The van der Waals surface area contributed by atoms with Crippen LogP contribution >= 0.6 is 0 Å². The van der Waals surface area contributed by atoms with Crippen LogP contribution in [0.1, 0.15) is 21.9 Å². The van der Waals surface area contributed by atoms with Gasteiger partial charge in [-0.3, -0.25) is 4.90 Å². The number of aromatic nitrogens is 2. The van der Waals surface area contributed by atoms with Crippen molar-refractivity contribution in [3.63, 3.8) is 0 Å². The zero-order valence-corrected chi connectivity index (χ0v) is 12.4. The third kappa shape index (κ3) is 2.77.